The van der Waals surface area contributed by atoms with Crippen LogP contribution in [0.15, 0.2) is 53.6 Å². The summed E-state index contributed by atoms with van der Waals surface area (Å²) in [5.74, 6) is 0.738. The van der Waals surface area contributed by atoms with E-state index in [4.69, 9.17) is 10.5 Å². The van der Waals surface area contributed by atoms with Crippen LogP contribution in [0.3, 0.4) is 0 Å². The predicted octanol–water partition coefficient (Wildman–Crippen LogP) is 2.83. The summed E-state index contributed by atoms with van der Waals surface area (Å²) in [5, 5.41) is 14.2. The number of halogens is 3. The van der Waals surface area contributed by atoms with E-state index >= 15 is 0 Å². The summed E-state index contributed by atoms with van der Waals surface area (Å²) >= 11 is 0. The minimum atomic E-state index is -4.51. The van der Waals surface area contributed by atoms with Crippen LogP contribution in [0.4, 0.5) is 24.8 Å². The maximum atomic E-state index is 12.9. The summed E-state index contributed by atoms with van der Waals surface area (Å²) in [4.78, 5) is 6.55. The van der Waals surface area contributed by atoms with Crippen molar-refractivity contribution < 1.29 is 17.9 Å². The molecule has 4 rings (SSSR count). The fraction of sp³-hybridized carbons (Fsp3) is 0.333. The highest BCUT2D eigenvalue weighted by Gasteiger charge is 2.31. The van der Waals surface area contributed by atoms with Crippen molar-refractivity contribution in [3.63, 3.8) is 0 Å². The van der Waals surface area contributed by atoms with Gasteiger partial charge in [0.05, 0.1) is 17.3 Å². The van der Waals surface area contributed by atoms with Gasteiger partial charge in [-0.05, 0) is 31.7 Å². The van der Waals surface area contributed by atoms with Gasteiger partial charge in [0, 0.05) is 44.2 Å². The topological polar surface area (TPSA) is 106 Å². The Morgan fingerprint density at radius 2 is 2.12 bits per heavy atom. The number of ether oxygens (including phenoxy) is 1. The number of alkyl halides is 3. The number of anilines is 2. The highest BCUT2D eigenvalue weighted by molar-refractivity contribution is 6.11. The van der Waals surface area contributed by atoms with Gasteiger partial charge in [0.15, 0.2) is 17.4 Å². The Labute approximate surface area is 187 Å². The first-order valence-corrected chi connectivity index (χ1v) is 10.2. The Bertz CT molecular complexity index is 1200. The van der Waals surface area contributed by atoms with Crippen molar-refractivity contribution >= 4 is 22.9 Å². The minimum absolute atomic E-state index is 0.0321. The van der Waals surface area contributed by atoms with Crippen molar-refractivity contribution in [3.8, 4) is 0 Å². The van der Waals surface area contributed by atoms with Crippen molar-refractivity contribution in [1.29, 1.82) is 0 Å². The monoisotopic (exact) mass is 460 g/mol. The first kappa shape index (κ1) is 22.5. The summed E-state index contributed by atoms with van der Waals surface area (Å²) in [6.45, 7) is 1.76. The number of rotatable bonds is 6. The summed E-state index contributed by atoms with van der Waals surface area (Å²) in [5.41, 5.74) is 6.99. The van der Waals surface area contributed by atoms with Gasteiger partial charge in [-0.1, -0.05) is 0 Å². The highest BCUT2D eigenvalue weighted by Crippen LogP contribution is 2.30. The molecule has 0 aromatic carbocycles. The Hall–Kier alpha value is -3.67. The molecule has 0 unspecified atom stereocenters. The largest absolute Gasteiger partial charge is 0.485 e. The molecule has 33 heavy (non-hydrogen) atoms. The van der Waals surface area contributed by atoms with Crippen LogP contribution in [0.25, 0.3) is 5.52 Å². The molecule has 4 heterocycles. The SMILES string of the molecule is CN=C(/C(=C\N)O[C@H]1CCN(C)C1)c1ccn2nc(Nc3cc(C(F)(F)F)cnn3)cc2c1. The van der Waals surface area contributed by atoms with Crippen LogP contribution >= 0.6 is 0 Å². The number of pyridine rings is 1. The van der Waals surface area contributed by atoms with Crippen LogP contribution in [0.2, 0.25) is 0 Å². The van der Waals surface area contributed by atoms with Gasteiger partial charge in [-0.25, -0.2) is 4.52 Å². The number of aromatic nitrogens is 4. The summed E-state index contributed by atoms with van der Waals surface area (Å²) in [6.07, 6.45) is 0.211. The third kappa shape index (κ3) is 5.06. The van der Waals surface area contributed by atoms with Crippen molar-refractivity contribution in [2.75, 3.05) is 32.5 Å². The number of likely N-dealkylation sites (N-methyl/N-ethyl adjacent to an activating group) is 1. The molecule has 3 N–H and O–H groups in total. The lowest BCUT2D eigenvalue weighted by Crippen LogP contribution is -2.22. The van der Waals surface area contributed by atoms with Gasteiger partial charge in [-0.2, -0.15) is 23.4 Å². The number of fused-ring (bicyclic) bond motifs is 1. The molecule has 1 aliphatic rings. The molecule has 1 atom stereocenters. The molecule has 0 bridgehead atoms. The maximum Gasteiger partial charge on any atom is 0.418 e. The van der Waals surface area contributed by atoms with Gasteiger partial charge in [0.2, 0.25) is 0 Å². The van der Waals surface area contributed by atoms with Gasteiger partial charge >= 0.3 is 6.18 Å². The first-order chi connectivity index (χ1) is 15.8. The number of nitrogens with two attached hydrogens (primary N) is 1. The number of aliphatic imine (C=N–C) groups is 1. The third-order valence-electron chi connectivity index (χ3n) is 5.22. The van der Waals surface area contributed by atoms with Crippen LogP contribution in [-0.2, 0) is 10.9 Å². The molecule has 3 aromatic rings. The van der Waals surface area contributed by atoms with Crippen molar-refractivity contribution in [3.05, 3.63) is 59.7 Å². The molecule has 1 aliphatic heterocycles. The molecular weight excluding hydrogens is 437 g/mol. The fourth-order valence-corrected chi connectivity index (χ4v) is 3.64. The van der Waals surface area contributed by atoms with E-state index in [2.05, 4.69) is 30.5 Å². The lowest BCUT2D eigenvalue weighted by Gasteiger charge is -2.18. The molecular formula is C21H23F3N8O. The van der Waals surface area contributed by atoms with Gasteiger partial charge in [0.25, 0.3) is 0 Å². The first-order valence-electron chi connectivity index (χ1n) is 10.2. The number of nitrogens with one attached hydrogen (secondary N) is 1. The van der Waals surface area contributed by atoms with E-state index in [0.717, 1.165) is 31.1 Å². The minimum Gasteiger partial charge on any atom is -0.485 e. The van der Waals surface area contributed by atoms with Crippen LogP contribution in [0.5, 0.6) is 0 Å². The molecule has 12 heteroatoms. The maximum absolute atomic E-state index is 12.9. The Kier molecular flexibility index (Phi) is 6.18. The lowest BCUT2D eigenvalue weighted by molar-refractivity contribution is -0.137. The van der Waals surface area contributed by atoms with Crippen molar-refractivity contribution in [2.24, 2.45) is 10.7 Å². The number of hydrogen-bond donors (Lipinski definition) is 2. The lowest BCUT2D eigenvalue weighted by atomic mass is 10.1. The Balaban J connectivity index is 1.56. The molecule has 0 radical (unpaired) electrons. The molecule has 9 nitrogen and oxygen atoms in total. The van der Waals surface area contributed by atoms with E-state index in [1.165, 1.54) is 6.20 Å². The summed E-state index contributed by atoms with van der Waals surface area (Å²) in [6, 6.07) is 6.20. The van der Waals surface area contributed by atoms with Crippen molar-refractivity contribution in [2.45, 2.75) is 18.7 Å². The summed E-state index contributed by atoms with van der Waals surface area (Å²) in [7, 11) is 3.69. The zero-order chi connectivity index (χ0) is 23.6. The number of hydrogen-bond acceptors (Lipinski definition) is 8. The molecule has 0 saturated carbocycles. The number of nitrogens with zero attached hydrogens (tertiary/aromatic N) is 6. The molecule has 0 amide bonds. The van der Waals surface area contributed by atoms with Crippen LogP contribution in [-0.4, -0.2) is 63.7 Å². The van der Waals surface area contributed by atoms with Gasteiger partial charge in [0.1, 0.15) is 11.8 Å². The predicted molar refractivity (Wildman–Crippen MR) is 117 cm³/mol. The van der Waals surface area contributed by atoms with Crippen LogP contribution in [0, 0.1) is 0 Å². The normalized spacial score (nSPS) is 18.2. The van der Waals surface area contributed by atoms with E-state index in [-0.39, 0.29) is 11.9 Å². The van der Waals surface area contributed by atoms with E-state index < -0.39 is 11.7 Å². The molecule has 174 valence electrons. The van der Waals surface area contributed by atoms with E-state index in [1.54, 1.807) is 23.8 Å². The zero-order valence-corrected chi connectivity index (χ0v) is 18.0. The van der Waals surface area contributed by atoms with Gasteiger partial charge < -0.3 is 20.7 Å². The average Bonchev–Trinajstić information content (AvgIpc) is 3.37. The highest BCUT2D eigenvalue weighted by atomic mass is 19.4. The van der Waals surface area contributed by atoms with Gasteiger partial charge in [-0.15, -0.1) is 5.10 Å². The smallest absolute Gasteiger partial charge is 0.418 e. The Morgan fingerprint density at radius 3 is 2.79 bits per heavy atom. The summed E-state index contributed by atoms with van der Waals surface area (Å²) < 4.78 is 46.4. The van der Waals surface area contributed by atoms with Crippen LogP contribution < -0.4 is 11.1 Å². The molecule has 0 aliphatic carbocycles. The van der Waals surface area contributed by atoms with E-state index in [1.807, 2.05) is 19.2 Å². The average molecular weight is 460 g/mol. The molecule has 3 aromatic heterocycles. The standard InChI is InChI=1S/C21H23F3N8O/c1-26-20(17(10-25)33-16-4-5-31(2)12-16)13-3-6-32-15(7-13)9-19(30-32)28-18-8-14(11-27-29-18)21(22,23)24/h3,6-11,16H,4-5,12,25H2,1-2H3,(H,28,29,30)/b17-10+,26-20?/t16-/m0/s1. The quantitative estimate of drug-likeness (QED) is 0.430. The zero-order valence-electron chi connectivity index (χ0n) is 18.0. The second kappa shape index (κ2) is 9.06. The van der Waals surface area contributed by atoms with E-state index in [9.17, 15) is 13.2 Å². The number of allylic oxidation sites excluding steroid dienone is 1. The van der Waals surface area contributed by atoms with Crippen LogP contribution in [0.1, 0.15) is 17.5 Å². The Morgan fingerprint density at radius 1 is 1.30 bits per heavy atom. The molecule has 1 fully saturated rings. The second-order valence-electron chi connectivity index (χ2n) is 7.66. The second-order valence-corrected chi connectivity index (χ2v) is 7.66. The van der Waals surface area contributed by atoms with Gasteiger partial charge in [-0.3, -0.25) is 4.99 Å². The van der Waals surface area contributed by atoms with Crippen molar-refractivity contribution in [1.82, 2.24) is 24.7 Å². The molecule has 0 spiro atoms. The number of likely N-dealkylation sites (tertiary alicyclic amines) is 1. The molecule has 1 saturated heterocycles. The van der Waals surface area contributed by atoms with E-state index in [0.29, 0.717) is 29.0 Å². The third-order valence-corrected chi connectivity index (χ3v) is 5.22. The fourth-order valence-electron chi connectivity index (χ4n) is 3.64.